The number of nitrogens with one attached hydrogen (secondary N) is 1. The average Bonchev–Trinajstić information content (AvgIpc) is 2.76. The van der Waals surface area contributed by atoms with E-state index in [1.807, 2.05) is 31.3 Å². The number of nitrogens with zero attached hydrogens (tertiary/aromatic N) is 3. The molecule has 154 valence electrons. The van der Waals surface area contributed by atoms with E-state index >= 15 is 0 Å². The first-order valence-corrected chi connectivity index (χ1v) is 10.4. The Morgan fingerprint density at radius 3 is 2.28 bits per heavy atom. The molecule has 1 heterocycles. The van der Waals surface area contributed by atoms with Gasteiger partial charge in [0.15, 0.2) is 5.96 Å². The number of rotatable bonds is 5. The maximum absolute atomic E-state index is 12.0. The van der Waals surface area contributed by atoms with Crippen LogP contribution in [0.5, 0.6) is 0 Å². The number of hydrogen-bond donors (Lipinski definition) is 1. The van der Waals surface area contributed by atoms with Crippen molar-refractivity contribution in [1.29, 1.82) is 0 Å². The van der Waals surface area contributed by atoms with Gasteiger partial charge in [-0.05, 0) is 48.4 Å². The van der Waals surface area contributed by atoms with Gasteiger partial charge in [-0.3, -0.25) is 9.79 Å². The van der Waals surface area contributed by atoms with E-state index in [4.69, 9.17) is 0 Å². The van der Waals surface area contributed by atoms with Crippen molar-refractivity contribution in [1.82, 2.24) is 15.1 Å². The third-order valence-electron chi connectivity index (χ3n) is 5.55. The van der Waals surface area contributed by atoms with Crippen LogP contribution >= 0.6 is 0 Å². The topological polar surface area (TPSA) is 47.9 Å². The van der Waals surface area contributed by atoms with Crippen molar-refractivity contribution in [2.75, 3.05) is 34.2 Å². The largest absolute Gasteiger partial charge is 0.352 e. The first-order valence-electron chi connectivity index (χ1n) is 10.4. The van der Waals surface area contributed by atoms with Gasteiger partial charge in [0.2, 0.25) is 0 Å². The number of carbonyl (C=O) groups is 1. The van der Waals surface area contributed by atoms with Gasteiger partial charge in [-0.1, -0.05) is 42.5 Å². The fourth-order valence-electron chi connectivity index (χ4n) is 3.83. The Morgan fingerprint density at radius 1 is 1.03 bits per heavy atom. The van der Waals surface area contributed by atoms with E-state index in [1.165, 1.54) is 24.8 Å². The fraction of sp³-hybridized carbons (Fsp3) is 0.417. The molecule has 2 aromatic rings. The Kier molecular flexibility index (Phi) is 7.28. The van der Waals surface area contributed by atoms with Gasteiger partial charge in [-0.2, -0.15) is 0 Å². The molecule has 29 heavy (non-hydrogen) atoms. The van der Waals surface area contributed by atoms with Crippen LogP contribution < -0.4 is 5.32 Å². The zero-order valence-electron chi connectivity index (χ0n) is 17.8. The molecule has 1 N–H and O–H groups in total. The summed E-state index contributed by atoms with van der Waals surface area (Å²) in [5, 5.41) is 3.47. The van der Waals surface area contributed by atoms with Crippen molar-refractivity contribution in [2.45, 2.75) is 25.8 Å². The van der Waals surface area contributed by atoms with Crippen molar-refractivity contribution in [3.63, 3.8) is 0 Å². The van der Waals surface area contributed by atoms with E-state index < -0.39 is 0 Å². The van der Waals surface area contributed by atoms with Gasteiger partial charge >= 0.3 is 0 Å². The zero-order valence-corrected chi connectivity index (χ0v) is 17.8. The number of carbonyl (C=O) groups excluding carboxylic acids is 1. The molecule has 1 fully saturated rings. The highest BCUT2D eigenvalue weighted by Gasteiger charge is 2.21. The molecule has 0 radical (unpaired) electrons. The molecule has 0 atom stereocenters. The molecule has 5 nitrogen and oxygen atoms in total. The molecule has 0 saturated carbocycles. The summed E-state index contributed by atoms with van der Waals surface area (Å²) in [5.41, 5.74) is 3.29. The lowest BCUT2D eigenvalue weighted by Gasteiger charge is -2.34. The fourth-order valence-corrected chi connectivity index (χ4v) is 3.83. The monoisotopic (exact) mass is 392 g/mol. The van der Waals surface area contributed by atoms with Crippen LogP contribution in [0.4, 0.5) is 0 Å². The summed E-state index contributed by atoms with van der Waals surface area (Å²) in [5.74, 6) is 1.73. The molecule has 0 aliphatic carbocycles. The normalized spacial score (nSPS) is 15.3. The van der Waals surface area contributed by atoms with Gasteiger partial charge in [0.25, 0.3) is 5.91 Å². The van der Waals surface area contributed by atoms with E-state index in [0.29, 0.717) is 12.1 Å². The van der Waals surface area contributed by atoms with Crippen LogP contribution in [0.2, 0.25) is 0 Å². The molecule has 1 aliphatic heterocycles. The quantitative estimate of drug-likeness (QED) is 0.627. The lowest BCUT2D eigenvalue weighted by atomic mass is 9.90. The van der Waals surface area contributed by atoms with E-state index in [0.717, 1.165) is 30.5 Å². The average molecular weight is 393 g/mol. The van der Waals surface area contributed by atoms with E-state index in [1.54, 1.807) is 19.0 Å². The van der Waals surface area contributed by atoms with Crippen molar-refractivity contribution < 1.29 is 4.79 Å². The van der Waals surface area contributed by atoms with Gasteiger partial charge in [0.1, 0.15) is 0 Å². The minimum absolute atomic E-state index is 0.0266. The molecule has 0 unspecified atom stereocenters. The summed E-state index contributed by atoms with van der Waals surface area (Å²) in [7, 11) is 5.38. The summed E-state index contributed by atoms with van der Waals surface area (Å²) < 4.78 is 0. The van der Waals surface area contributed by atoms with Crippen LogP contribution in [-0.2, 0) is 13.0 Å². The second-order valence-electron chi connectivity index (χ2n) is 7.92. The summed E-state index contributed by atoms with van der Waals surface area (Å²) in [6, 6.07) is 18.6. The first kappa shape index (κ1) is 20.9. The Bertz CT molecular complexity index is 807. The van der Waals surface area contributed by atoms with Gasteiger partial charge in [0.05, 0.1) is 0 Å². The summed E-state index contributed by atoms with van der Waals surface area (Å²) in [6.07, 6.45) is 3.55. The van der Waals surface area contributed by atoms with Gasteiger partial charge < -0.3 is 15.1 Å². The lowest BCUT2D eigenvalue weighted by Crippen LogP contribution is -2.45. The number of amides is 1. The second kappa shape index (κ2) is 10.1. The predicted octanol–water partition coefficient (Wildman–Crippen LogP) is 3.42. The van der Waals surface area contributed by atoms with Crippen LogP contribution in [0, 0.1) is 5.92 Å². The van der Waals surface area contributed by atoms with Crippen LogP contribution in [0.1, 0.15) is 34.3 Å². The molecule has 1 amide bonds. The molecule has 0 bridgehead atoms. The Labute approximate surface area is 174 Å². The highest BCUT2D eigenvalue weighted by atomic mass is 16.2. The minimum atomic E-state index is 0.0266. The molecule has 5 heteroatoms. The van der Waals surface area contributed by atoms with Crippen LogP contribution in [0.25, 0.3) is 0 Å². The Morgan fingerprint density at radius 2 is 1.69 bits per heavy atom. The lowest BCUT2D eigenvalue weighted by molar-refractivity contribution is 0.0827. The standard InChI is InChI=1S/C24H32N4O/c1-25-24(26-18-21-9-11-22(12-10-21)23(29)27(2)3)28-15-13-20(14-16-28)17-19-7-5-4-6-8-19/h4-12,20H,13-18H2,1-3H3,(H,25,26). The third kappa shape index (κ3) is 5.83. The number of hydrogen-bond acceptors (Lipinski definition) is 2. The van der Waals surface area contributed by atoms with Crippen molar-refractivity contribution in [2.24, 2.45) is 10.9 Å². The van der Waals surface area contributed by atoms with E-state index in [9.17, 15) is 4.79 Å². The Hall–Kier alpha value is -2.82. The maximum Gasteiger partial charge on any atom is 0.253 e. The molecule has 0 aromatic heterocycles. The zero-order chi connectivity index (χ0) is 20.6. The summed E-state index contributed by atoms with van der Waals surface area (Å²) in [6.45, 7) is 2.77. The second-order valence-corrected chi connectivity index (χ2v) is 7.92. The molecule has 0 spiro atoms. The number of aliphatic imine (C=N–C) groups is 1. The molecule has 3 rings (SSSR count). The number of likely N-dealkylation sites (tertiary alicyclic amines) is 1. The van der Waals surface area contributed by atoms with Gasteiger partial charge in [-0.15, -0.1) is 0 Å². The van der Waals surface area contributed by atoms with Gasteiger partial charge in [-0.25, -0.2) is 0 Å². The van der Waals surface area contributed by atoms with Crippen LogP contribution in [0.15, 0.2) is 59.6 Å². The van der Waals surface area contributed by atoms with Gasteiger partial charge in [0, 0.05) is 46.3 Å². The smallest absolute Gasteiger partial charge is 0.253 e. The molecule has 1 saturated heterocycles. The molecule has 1 aliphatic rings. The van der Waals surface area contributed by atoms with Crippen LogP contribution in [0.3, 0.4) is 0 Å². The Balaban J connectivity index is 1.48. The number of guanidine groups is 1. The van der Waals surface area contributed by atoms with Crippen LogP contribution in [-0.4, -0.2) is 55.9 Å². The first-order chi connectivity index (χ1) is 14.1. The number of piperidine rings is 1. The summed E-state index contributed by atoms with van der Waals surface area (Å²) >= 11 is 0. The number of benzene rings is 2. The van der Waals surface area contributed by atoms with E-state index in [2.05, 4.69) is 45.5 Å². The molecular weight excluding hydrogens is 360 g/mol. The predicted molar refractivity (Wildman–Crippen MR) is 119 cm³/mol. The van der Waals surface area contributed by atoms with Crippen molar-refractivity contribution in [3.05, 3.63) is 71.3 Å². The van der Waals surface area contributed by atoms with Crippen molar-refractivity contribution in [3.8, 4) is 0 Å². The summed E-state index contributed by atoms with van der Waals surface area (Å²) in [4.78, 5) is 20.4. The van der Waals surface area contributed by atoms with E-state index in [-0.39, 0.29) is 5.91 Å². The molecule has 2 aromatic carbocycles. The highest BCUT2D eigenvalue weighted by molar-refractivity contribution is 5.93. The SMILES string of the molecule is CN=C(NCc1ccc(C(=O)N(C)C)cc1)N1CCC(Cc2ccccc2)CC1. The molecular formula is C24H32N4O. The minimum Gasteiger partial charge on any atom is -0.352 e. The third-order valence-corrected chi connectivity index (χ3v) is 5.55. The maximum atomic E-state index is 12.0. The highest BCUT2D eigenvalue weighted by Crippen LogP contribution is 2.21. The van der Waals surface area contributed by atoms with Crippen molar-refractivity contribution >= 4 is 11.9 Å².